The highest BCUT2D eigenvalue weighted by molar-refractivity contribution is 6.99. The van der Waals surface area contributed by atoms with E-state index in [4.69, 9.17) is 13.6 Å². The molecule has 1 aliphatic rings. The van der Waals surface area contributed by atoms with Crippen LogP contribution in [-0.4, -0.2) is 66.5 Å². The minimum atomic E-state index is -2.68. The summed E-state index contributed by atoms with van der Waals surface area (Å²) < 4.78 is 20.5. The van der Waals surface area contributed by atoms with E-state index >= 15 is 0 Å². The number of nitrogens with zero attached hydrogens (tertiary/aromatic N) is 1. The number of carbonyl (C=O) groups is 1. The monoisotopic (exact) mass is 583 g/mol. The first-order chi connectivity index (χ1) is 18.4. The quantitative estimate of drug-likeness (QED) is 0.238. The van der Waals surface area contributed by atoms with Gasteiger partial charge in [0.2, 0.25) is 0 Å². The van der Waals surface area contributed by atoms with Gasteiger partial charge in [-0.2, -0.15) is 0 Å². The van der Waals surface area contributed by atoms with Gasteiger partial charge < -0.3 is 18.5 Å². The Balaban J connectivity index is 1.98. The number of rotatable bonds is 11. The Labute approximate surface area is 245 Å². The van der Waals surface area contributed by atoms with Crippen LogP contribution in [0, 0.1) is 11.8 Å². The zero-order valence-corrected chi connectivity index (χ0v) is 28.9. The standard InChI is InChI=1S/C33H53NO4Si2/c1-24(28(38-39(11,12)32(3,4)5)25(2)29-30(37-29)31(35)34(9)10)23-36-40(33(6,7)8,26-19-15-13-16-20-26)27-21-17-14-18-22-27/h13-22,24-25,28-30H,23H2,1-12H3/t24-,25+,28+,29-,30+/m1/s1. The normalized spacial score (nSPS) is 20.5. The minimum absolute atomic E-state index is 0.0270. The first-order valence-corrected chi connectivity index (χ1v) is 19.5. The molecule has 0 N–H and O–H groups in total. The van der Waals surface area contributed by atoms with Crippen LogP contribution in [0.15, 0.2) is 60.7 Å². The molecular formula is C33H53NO4Si2. The van der Waals surface area contributed by atoms with Gasteiger partial charge >= 0.3 is 0 Å². The van der Waals surface area contributed by atoms with Crippen LogP contribution in [-0.2, 0) is 18.4 Å². The topological polar surface area (TPSA) is 51.3 Å². The van der Waals surface area contributed by atoms with Crippen LogP contribution < -0.4 is 10.4 Å². The molecule has 0 radical (unpaired) electrons. The molecule has 3 rings (SSSR count). The molecule has 0 aromatic heterocycles. The Morgan fingerprint density at radius 3 is 1.75 bits per heavy atom. The van der Waals surface area contributed by atoms with Gasteiger partial charge in [0, 0.05) is 32.5 Å². The molecule has 1 saturated heterocycles. The highest BCUT2D eigenvalue weighted by Gasteiger charge is 2.54. The highest BCUT2D eigenvalue weighted by atomic mass is 28.4. The number of hydrogen-bond donors (Lipinski definition) is 0. The van der Waals surface area contributed by atoms with Crippen LogP contribution in [0.2, 0.25) is 23.2 Å². The lowest BCUT2D eigenvalue weighted by Crippen LogP contribution is -2.67. The number of epoxide rings is 1. The van der Waals surface area contributed by atoms with E-state index in [1.807, 2.05) is 0 Å². The Hall–Kier alpha value is -1.78. The molecule has 5 atom stereocenters. The molecule has 1 aliphatic heterocycles. The number of likely N-dealkylation sites (N-methyl/N-ethyl adjacent to an activating group) is 1. The summed E-state index contributed by atoms with van der Waals surface area (Å²) in [6.07, 6.45) is -0.621. The highest BCUT2D eigenvalue weighted by Crippen LogP contribution is 2.43. The first kappa shape index (κ1) is 32.7. The van der Waals surface area contributed by atoms with Gasteiger partial charge in [0.05, 0.1) is 12.2 Å². The molecule has 5 nitrogen and oxygen atoms in total. The number of benzene rings is 2. The van der Waals surface area contributed by atoms with E-state index in [0.29, 0.717) is 6.61 Å². The molecule has 2 aromatic rings. The summed E-state index contributed by atoms with van der Waals surface area (Å²) in [5, 5.41) is 2.52. The molecule has 40 heavy (non-hydrogen) atoms. The largest absolute Gasteiger partial charge is 0.413 e. The van der Waals surface area contributed by atoms with Gasteiger partial charge in [-0.15, -0.1) is 0 Å². The molecule has 1 heterocycles. The summed E-state index contributed by atoms with van der Waals surface area (Å²) in [5.74, 6) is 0.185. The summed E-state index contributed by atoms with van der Waals surface area (Å²) in [5.41, 5.74) is 0. The van der Waals surface area contributed by atoms with Crippen LogP contribution in [0.4, 0.5) is 0 Å². The third kappa shape index (κ3) is 6.81. The molecular weight excluding hydrogens is 531 g/mol. The van der Waals surface area contributed by atoms with Crippen molar-refractivity contribution in [2.45, 2.75) is 96.9 Å². The molecule has 1 fully saturated rings. The Morgan fingerprint density at radius 2 is 1.35 bits per heavy atom. The SMILES string of the molecule is C[C@@H]([C@@H](O[Si](C)(C)C(C)(C)C)[C@H](C)CO[Si](c1ccccc1)(c1ccccc1)C(C)(C)C)[C@H]1O[C@@H]1C(=O)N(C)C. The Kier molecular flexibility index (Phi) is 10.00. The maximum absolute atomic E-state index is 12.7. The fraction of sp³-hybridized carbons (Fsp3) is 0.606. The second-order valence-corrected chi connectivity index (χ2v) is 23.5. The van der Waals surface area contributed by atoms with Crippen molar-refractivity contribution in [2.75, 3.05) is 20.7 Å². The number of amides is 1. The predicted molar refractivity (Wildman–Crippen MR) is 171 cm³/mol. The van der Waals surface area contributed by atoms with Crippen molar-refractivity contribution in [3.05, 3.63) is 60.7 Å². The van der Waals surface area contributed by atoms with E-state index in [1.54, 1.807) is 19.0 Å². The van der Waals surface area contributed by atoms with E-state index < -0.39 is 16.6 Å². The van der Waals surface area contributed by atoms with Crippen LogP contribution >= 0.6 is 0 Å². The Bertz CT molecular complexity index is 1070. The fourth-order valence-corrected chi connectivity index (χ4v) is 11.7. The zero-order valence-electron chi connectivity index (χ0n) is 26.9. The molecule has 0 unspecified atom stereocenters. The molecule has 0 aliphatic carbocycles. The number of hydrogen-bond acceptors (Lipinski definition) is 4. The second kappa shape index (κ2) is 12.2. The van der Waals surface area contributed by atoms with Gasteiger partial charge in [-0.1, -0.05) is 116 Å². The lowest BCUT2D eigenvalue weighted by molar-refractivity contribution is -0.129. The van der Waals surface area contributed by atoms with E-state index in [9.17, 15) is 4.79 Å². The number of ether oxygens (including phenoxy) is 1. The van der Waals surface area contributed by atoms with Gasteiger partial charge in [-0.05, 0) is 33.5 Å². The van der Waals surface area contributed by atoms with Crippen molar-refractivity contribution in [3.63, 3.8) is 0 Å². The average molecular weight is 584 g/mol. The second-order valence-electron chi connectivity index (χ2n) is 14.4. The third-order valence-corrected chi connectivity index (χ3v) is 18.5. The smallest absolute Gasteiger partial charge is 0.261 e. The van der Waals surface area contributed by atoms with Crippen LogP contribution in [0.1, 0.15) is 55.4 Å². The molecule has 0 spiro atoms. The summed E-state index contributed by atoms with van der Waals surface area (Å²) in [6.45, 7) is 23.4. The molecule has 0 saturated carbocycles. The van der Waals surface area contributed by atoms with Crippen LogP contribution in [0.5, 0.6) is 0 Å². The van der Waals surface area contributed by atoms with Crippen LogP contribution in [0.3, 0.4) is 0 Å². The predicted octanol–water partition coefficient (Wildman–Crippen LogP) is 6.08. The lowest BCUT2D eigenvalue weighted by Gasteiger charge is -2.46. The summed E-state index contributed by atoms with van der Waals surface area (Å²) in [4.78, 5) is 14.3. The van der Waals surface area contributed by atoms with Crippen molar-refractivity contribution in [3.8, 4) is 0 Å². The van der Waals surface area contributed by atoms with Crippen molar-refractivity contribution < 1.29 is 18.4 Å². The van der Waals surface area contributed by atoms with E-state index in [2.05, 4.69) is 129 Å². The van der Waals surface area contributed by atoms with Crippen molar-refractivity contribution >= 4 is 32.9 Å². The fourth-order valence-electron chi connectivity index (χ4n) is 5.54. The third-order valence-electron chi connectivity index (χ3n) is 9.02. The van der Waals surface area contributed by atoms with Gasteiger partial charge in [-0.3, -0.25) is 4.79 Å². The van der Waals surface area contributed by atoms with E-state index in [0.717, 1.165) is 0 Å². The van der Waals surface area contributed by atoms with Gasteiger partial charge in [0.1, 0.15) is 0 Å². The minimum Gasteiger partial charge on any atom is -0.413 e. The van der Waals surface area contributed by atoms with Crippen molar-refractivity contribution in [2.24, 2.45) is 11.8 Å². The maximum Gasteiger partial charge on any atom is 0.261 e. The molecule has 2 aromatic carbocycles. The first-order valence-electron chi connectivity index (χ1n) is 14.7. The van der Waals surface area contributed by atoms with Gasteiger partial charge in [0.25, 0.3) is 14.2 Å². The molecule has 7 heteroatoms. The van der Waals surface area contributed by atoms with Gasteiger partial charge in [0.15, 0.2) is 14.4 Å². The molecule has 0 bridgehead atoms. The molecule has 1 amide bonds. The van der Waals surface area contributed by atoms with Crippen LogP contribution in [0.25, 0.3) is 0 Å². The van der Waals surface area contributed by atoms with Crippen molar-refractivity contribution in [1.82, 2.24) is 4.90 Å². The summed E-state index contributed by atoms with van der Waals surface area (Å²) in [6, 6.07) is 21.6. The average Bonchev–Trinajstić information content (AvgIpc) is 3.67. The maximum atomic E-state index is 12.7. The van der Waals surface area contributed by atoms with Gasteiger partial charge in [-0.25, -0.2) is 0 Å². The van der Waals surface area contributed by atoms with Crippen molar-refractivity contribution in [1.29, 1.82) is 0 Å². The zero-order chi connectivity index (χ0) is 30.1. The summed E-state index contributed by atoms with van der Waals surface area (Å²) in [7, 11) is -1.22. The Morgan fingerprint density at radius 1 is 0.875 bits per heavy atom. The molecule has 222 valence electrons. The van der Waals surface area contributed by atoms with E-state index in [-0.39, 0.29) is 46.1 Å². The van der Waals surface area contributed by atoms with E-state index in [1.165, 1.54) is 10.4 Å². The summed E-state index contributed by atoms with van der Waals surface area (Å²) >= 11 is 0. The number of carbonyl (C=O) groups excluding carboxylic acids is 1. The lowest BCUT2D eigenvalue weighted by atomic mass is 9.90.